The van der Waals surface area contributed by atoms with Gasteiger partial charge in [-0.1, -0.05) is 0 Å². The van der Waals surface area contributed by atoms with E-state index in [4.69, 9.17) is 9.47 Å². The number of hydrogen-bond acceptors (Lipinski definition) is 5. The molecule has 0 bridgehead atoms. The second-order valence-electron chi connectivity index (χ2n) is 3.19. The van der Waals surface area contributed by atoms with Gasteiger partial charge in [-0.15, -0.1) is 0 Å². The maximum Gasteiger partial charge on any atom is 0.338 e. The smallest absolute Gasteiger partial charge is 0.338 e. The fourth-order valence-corrected chi connectivity index (χ4v) is 1.59. The van der Waals surface area contributed by atoms with Gasteiger partial charge in [0.15, 0.2) is 5.54 Å². The zero-order valence-electron chi connectivity index (χ0n) is 6.98. The number of cyclic esters (lactones) is 1. The van der Waals surface area contributed by atoms with Crippen LogP contribution >= 0.6 is 0 Å². The van der Waals surface area contributed by atoms with Gasteiger partial charge in [0.05, 0.1) is 12.5 Å². The second-order valence-corrected chi connectivity index (χ2v) is 3.19. The molecule has 2 heterocycles. The topological polar surface area (TPSA) is 60.2 Å². The number of carbonyl (C=O) groups is 1. The first-order valence-corrected chi connectivity index (χ1v) is 3.81. The number of hydrogen-bond donors (Lipinski definition) is 0. The summed E-state index contributed by atoms with van der Waals surface area (Å²) in [5.74, 6) is -0.379. The molecule has 0 radical (unpaired) electrons. The van der Waals surface area contributed by atoms with E-state index in [2.05, 4.69) is 10.2 Å². The van der Waals surface area contributed by atoms with Crippen LogP contribution in [0.5, 0.6) is 0 Å². The highest BCUT2D eigenvalue weighted by molar-refractivity contribution is 5.83. The third-order valence-corrected chi connectivity index (χ3v) is 2.48. The minimum absolute atomic E-state index is 0.0463. The minimum atomic E-state index is -0.791. The summed E-state index contributed by atoms with van der Waals surface area (Å²) in [7, 11) is 1.52. The Morgan fingerprint density at radius 3 is 3.17 bits per heavy atom. The van der Waals surface area contributed by atoms with Gasteiger partial charge in [-0.25, -0.2) is 4.79 Å². The molecular weight excluding hydrogens is 160 g/mol. The third kappa shape index (κ3) is 0.741. The van der Waals surface area contributed by atoms with E-state index in [1.54, 1.807) is 6.92 Å². The lowest BCUT2D eigenvalue weighted by molar-refractivity contribution is -0.162. The number of rotatable bonds is 1. The maximum absolute atomic E-state index is 11.3. The lowest BCUT2D eigenvalue weighted by atomic mass is 9.90. The van der Waals surface area contributed by atoms with Crippen molar-refractivity contribution < 1.29 is 14.3 Å². The number of nitrogens with zero attached hydrogens (tertiary/aromatic N) is 2. The summed E-state index contributed by atoms with van der Waals surface area (Å²) in [6.45, 7) is 2.25. The van der Waals surface area contributed by atoms with Crippen LogP contribution in [0.2, 0.25) is 0 Å². The summed E-state index contributed by atoms with van der Waals surface area (Å²) in [4.78, 5) is 11.3. The van der Waals surface area contributed by atoms with E-state index in [0.29, 0.717) is 6.54 Å². The predicted molar refractivity (Wildman–Crippen MR) is 38.5 cm³/mol. The lowest BCUT2D eigenvalue weighted by Crippen LogP contribution is -2.35. The van der Waals surface area contributed by atoms with Crippen molar-refractivity contribution in [3.8, 4) is 0 Å². The number of carbonyl (C=O) groups excluding carboxylic acids is 1. The molecule has 2 aliphatic heterocycles. The van der Waals surface area contributed by atoms with Crippen LogP contribution in [-0.2, 0) is 14.3 Å². The first kappa shape index (κ1) is 7.67. The average molecular weight is 170 g/mol. The molecule has 1 fully saturated rings. The van der Waals surface area contributed by atoms with E-state index in [1.807, 2.05) is 0 Å². The summed E-state index contributed by atoms with van der Waals surface area (Å²) < 4.78 is 9.96. The standard InChI is InChI=1S/C7H10N2O3/c1-7-4(3-8-9-7)5(11-2)12-6(7)10/h4-5H,3H2,1-2H3/t4-,5+,7-/m0/s1. The zero-order chi connectivity index (χ0) is 8.77. The molecule has 66 valence electrons. The van der Waals surface area contributed by atoms with Gasteiger partial charge >= 0.3 is 5.97 Å². The van der Waals surface area contributed by atoms with Gasteiger partial charge < -0.3 is 9.47 Å². The van der Waals surface area contributed by atoms with Crippen molar-refractivity contribution in [1.29, 1.82) is 0 Å². The molecule has 0 saturated carbocycles. The molecular formula is C7H10N2O3. The highest BCUT2D eigenvalue weighted by atomic mass is 16.7. The van der Waals surface area contributed by atoms with Gasteiger partial charge in [-0.3, -0.25) is 0 Å². The van der Waals surface area contributed by atoms with Crippen molar-refractivity contribution in [3.05, 3.63) is 0 Å². The largest absolute Gasteiger partial charge is 0.433 e. The van der Waals surface area contributed by atoms with Gasteiger partial charge in [-0.05, 0) is 6.92 Å². The maximum atomic E-state index is 11.3. The van der Waals surface area contributed by atoms with Crippen LogP contribution in [0, 0.1) is 5.92 Å². The highest BCUT2D eigenvalue weighted by Crippen LogP contribution is 2.39. The van der Waals surface area contributed by atoms with Crippen LogP contribution in [0.4, 0.5) is 0 Å². The van der Waals surface area contributed by atoms with Gasteiger partial charge in [-0.2, -0.15) is 10.2 Å². The minimum Gasteiger partial charge on any atom is -0.433 e. The molecule has 3 atom stereocenters. The summed E-state index contributed by atoms with van der Waals surface area (Å²) in [6.07, 6.45) is -0.475. The Morgan fingerprint density at radius 1 is 1.75 bits per heavy atom. The van der Waals surface area contributed by atoms with Crippen molar-refractivity contribution in [2.24, 2.45) is 16.1 Å². The molecule has 5 heteroatoms. The Hall–Kier alpha value is -0.970. The van der Waals surface area contributed by atoms with Gasteiger partial charge in [0, 0.05) is 7.11 Å². The summed E-state index contributed by atoms with van der Waals surface area (Å²) in [5.41, 5.74) is -0.791. The van der Waals surface area contributed by atoms with E-state index in [9.17, 15) is 4.79 Å². The van der Waals surface area contributed by atoms with Crippen LogP contribution in [0.1, 0.15) is 6.92 Å². The molecule has 0 aromatic rings. The molecule has 0 aliphatic carbocycles. The number of azo groups is 1. The van der Waals surface area contributed by atoms with Crippen LogP contribution in [0.25, 0.3) is 0 Å². The molecule has 0 amide bonds. The Bertz CT molecular complexity index is 253. The third-order valence-electron chi connectivity index (χ3n) is 2.48. The molecule has 0 aromatic carbocycles. The molecule has 2 aliphatic rings. The van der Waals surface area contributed by atoms with E-state index in [-0.39, 0.29) is 11.9 Å². The molecule has 0 spiro atoms. The van der Waals surface area contributed by atoms with Crippen molar-refractivity contribution >= 4 is 5.97 Å². The Kier molecular flexibility index (Phi) is 1.44. The lowest BCUT2D eigenvalue weighted by Gasteiger charge is -2.14. The quantitative estimate of drug-likeness (QED) is 0.534. The molecule has 0 unspecified atom stereocenters. The second kappa shape index (κ2) is 2.26. The SMILES string of the molecule is CO[C@@H]1OC(=O)[C@@]2(C)N=NC[C@@H]12. The fourth-order valence-electron chi connectivity index (χ4n) is 1.59. The molecule has 0 N–H and O–H groups in total. The fraction of sp³-hybridized carbons (Fsp3) is 0.857. The number of esters is 1. The Morgan fingerprint density at radius 2 is 2.50 bits per heavy atom. The van der Waals surface area contributed by atoms with Crippen molar-refractivity contribution in [3.63, 3.8) is 0 Å². The Balaban J connectivity index is 2.30. The summed E-state index contributed by atoms with van der Waals surface area (Å²) in [5, 5.41) is 7.71. The predicted octanol–water partition coefficient (Wildman–Crippen LogP) is 0.356. The van der Waals surface area contributed by atoms with Crippen molar-refractivity contribution in [2.75, 3.05) is 13.7 Å². The summed E-state index contributed by atoms with van der Waals surface area (Å²) in [6, 6.07) is 0. The van der Waals surface area contributed by atoms with E-state index in [0.717, 1.165) is 0 Å². The zero-order valence-corrected chi connectivity index (χ0v) is 6.98. The van der Waals surface area contributed by atoms with E-state index >= 15 is 0 Å². The number of fused-ring (bicyclic) bond motifs is 1. The van der Waals surface area contributed by atoms with Crippen LogP contribution < -0.4 is 0 Å². The summed E-state index contributed by atoms with van der Waals surface area (Å²) >= 11 is 0. The molecule has 1 saturated heterocycles. The first-order chi connectivity index (χ1) is 5.68. The van der Waals surface area contributed by atoms with Gasteiger partial charge in [0.2, 0.25) is 6.29 Å². The van der Waals surface area contributed by atoms with Gasteiger partial charge in [0.25, 0.3) is 0 Å². The van der Waals surface area contributed by atoms with Gasteiger partial charge in [0.1, 0.15) is 0 Å². The highest BCUT2D eigenvalue weighted by Gasteiger charge is 2.57. The van der Waals surface area contributed by atoms with Crippen LogP contribution in [-0.4, -0.2) is 31.5 Å². The Labute approximate surface area is 69.8 Å². The van der Waals surface area contributed by atoms with E-state index < -0.39 is 11.8 Å². The molecule has 12 heavy (non-hydrogen) atoms. The molecule has 0 aromatic heterocycles. The van der Waals surface area contributed by atoms with Crippen molar-refractivity contribution in [2.45, 2.75) is 18.8 Å². The van der Waals surface area contributed by atoms with Crippen molar-refractivity contribution in [1.82, 2.24) is 0 Å². The van der Waals surface area contributed by atoms with Crippen LogP contribution in [0.3, 0.4) is 0 Å². The number of methoxy groups -OCH3 is 1. The molecule has 5 nitrogen and oxygen atoms in total. The normalized spacial score (nSPS) is 44.7. The first-order valence-electron chi connectivity index (χ1n) is 3.81. The number of ether oxygens (including phenoxy) is 2. The molecule has 2 rings (SSSR count). The average Bonchev–Trinajstić information content (AvgIpc) is 2.51. The van der Waals surface area contributed by atoms with E-state index in [1.165, 1.54) is 7.11 Å². The van der Waals surface area contributed by atoms with Crippen LogP contribution in [0.15, 0.2) is 10.2 Å². The monoisotopic (exact) mass is 170 g/mol.